The Hall–Kier alpha value is -1.30. The molecule has 21 heavy (non-hydrogen) atoms. The molecule has 0 amide bonds. The lowest BCUT2D eigenvalue weighted by Crippen LogP contribution is -2.44. The lowest BCUT2D eigenvalue weighted by Gasteiger charge is -2.31. The number of nitrogens with one attached hydrogen (secondary N) is 1. The topological polar surface area (TPSA) is 41.0 Å². The van der Waals surface area contributed by atoms with E-state index in [0.717, 1.165) is 17.9 Å². The van der Waals surface area contributed by atoms with E-state index in [4.69, 9.17) is 0 Å². The number of rotatable bonds is 5. The predicted molar refractivity (Wildman–Crippen MR) is 79.8 cm³/mol. The molecule has 1 aromatic rings. The monoisotopic (exact) mass is 298 g/mol. The molecular formula is C15H24F2N4. The second-order valence-electron chi connectivity index (χ2n) is 6.03. The van der Waals surface area contributed by atoms with E-state index in [9.17, 15) is 8.78 Å². The van der Waals surface area contributed by atoms with Crippen molar-refractivity contribution in [2.24, 2.45) is 0 Å². The summed E-state index contributed by atoms with van der Waals surface area (Å²) in [6.45, 7) is 5.70. The van der Waals surface area contributed by atoms with Crippen molar-refractivity contribution in [3.63, 3.8) is 0 Å². The number of nitrogens with zero attached hydrogens (tertiary/aromatic N) is 3. The first-order chi connectivity index (χ1) is 9.83. The fourth-order valence-electron chi connectivity index (χ4n) is 2.95. The third kappa shape index (κ3) is 3.67. The van der Waals surface area contributed by atoms with E-state index >= 15 is 0 Å². The second-order valence-corrected chi connectivity index (χ2v) is 6.03. The van der Waals surface area contributed by atoms with Crippen LogP contribution in [0, 0.1) is 6.92 Å². The number of halogens is 2. The molecule has 1 aliphatic rings. The molecule has 1 aromatic heterocycles. The van der Waals surface area contributed by atoms with Gasteiger partial charge < -0.3 is 10.2 Å². The molecule has 0 bridgehead atoms. The molecule has 1 N–H and O–H groups in total. The van der Waals surface area contributed by atoms with Crippen LogP contribution in [0.2, 0.25) is 0 Å². The lowest BCUT2D eigenvalue weighted by atomic mass is 9.99. The minimum atomic E-state index is -2.63. The molecule has 0 aromatic carbocycles. The predicted octanol–water partition coefficient (Wildman–Crippen LogP) is 2.78. The summed E-state index contributed by atoms with van der Waals surface area (Å²) < 4.78 is 27.9. The van der Waals surface area contributed by atoms with Crippen molar-refractivity contribution in [3.8, 4) is 0 Å². The van der Waals surface area contributed by atoms with Crippen LogP contribution < -0.4 is 10.2 Å². The Morgan fingerprint density at radius 2 is 2.14 bits per heavy atom. The van der Waals surface area contributed by atoms with Gasteiger partial charge in [-0.3, -0.25) is 0 Å². The van der Waals surface area contributed by atoms with Crippen LogP contribution in [0.15, 0.2) is 12.1 Å². The fraction of sp³-hybridized carbons (Fsp3) is 0.733. The second kappa shape index (κ2) is 6.22. The lowest BCUT2D eigenvalue weighted by molar-refractivity contribution is -0.0160. The molecule has 3 atom stereocenters. The zero-order valence-electron chi connectivity index (χ0n) is 13.1. The van der Waals surface area contributed by atoms with Crippen molar-refractivity contribution in [2.75, 3.05) is 11.9 Å². The molecule has 0 saturated carbocycles. The van der Waals surface area contributed by atoms with Crippen LogP contribution >= 0.6 is 0 Å². The quantitative estimate of drug-likeness (QED) is 0.907. The van der Waals surface area contributed by atoms with Gasteiger partial charge in [-0.05, 0) is 38.8 Å². The van der Waals surface area contributed by atoms with Crippen molar-refractivity contribution in [1.82, 2.24) is 15.5 Å². The first-order valence-electron chi connectivity index (χ1n) is 7.50. The largest absolute Gasteiger partial charge is 0.355 e. The van der Waals surface area contributed by atoms with Gasteiger partial charge in [0.15, 0.2) is 5.82 Å². The molecule has 2 rings (SSSR count). The number of aromatic nitrogens is 2. The maximum absolute atomic E-state index is 14.0. The van der Waals surface area contributed by atoms with Gasteiger partial charge in [-0.25, -0.2) is 8.78 Å². The molecule has 6 heteroatoms. The van der Waals surface area contributed by atoms with Crippen LogP contribution in [0.3, 0.4) is 0 Å². The molecule has 4 nitrogen and oxygen atoms in total. The maximum atomic E-state index is 14.0. The van der Waals surface area contributed by atoms with E-state index in [0.29, 0.717) is 6.42 Å². The van der Waals surface area contributed by atoms with E-state index < -0.39 is 12.0 Å². The van der Waals surface area contributed by atoms with Crippen molar-refractivity contribution < 1.29 is 8.78 Å². The summed E-state index contributed by atoms with van der Waals surface area (Å²) in [7, 11) is 1.89. The minimum absolute atomic E-state index is 0.00989. The van der Waals surface area contributed by atoms with Crippen molar-refractivity contribution >= 4 is 5.82 Å². The molecule has 1 aliphatic heterocycles. The Kier molecular flexibility index (Phi) is 4.76. The van der Waals surface area contributed by atoms with Gasteiger partial charge in [-0.2, -0.15) is 5.10 Å². The zero-order chi connectivity index (χ0) is 15.6. The van der Waals surface area contributed by atoms with E-state index in [2.05, 4.69) is 15.5 Å². The van der Waals surface area contributed by atoms with Crippen molar-refractivity contribution in [1.29, 1.82) is 0 Å². The van der Waals surface area contributed by atoms with Crippen LogP contribution in [0.25, 0.3) is 0 Å². The first kappa shape index (κ1) is 16.1. The first-order valence-corrected chi connectivity index (χ1v) is 7.50. The minimum Gasteiger partial charge on any atom is -0.355 e. The summed E-state index contributed by atoms with van der Waals surface area (Å²) in [5, 5.41) is 11.2. The van der Waals surface area contributed by atoms with Crippen LogP contribution in [0.4, 0.5) is 14.6 Å². The summed E-state index contributed by atoms with van der Waals surface area (Å²) >= 11 is 0. The van der Waals surface area contributed by atoms with E-state index in [1.54, 1.807) is 0 Å². The Morgan fingerprint density at radius 1 is 1.43 bits per heavy atom. The highest BCUT2D eigenvalue weighted by Crippen LogP contribution is 2.34. The fourth-order valence-corrected chi connectivity index (χ4v) is 2.95. The molecule has 0 radical (unpaired) electrons. The number of hydrogen-bond acceptors (Lipinski definition) is 4. The third-order valence-corrected chi connectivity index (χ3v) is 4.25. The molecule has 2 heterocycles. The summed E-state index contributed by atoms with van der Waals surface area (Å²) in [5.41, 5.74) is 0.845. The Morgan fingerprint density at radius 3 is 2.62 bits per heavy atom. The van der Waals surface area contributed by atoms with Gasteiger partial charge in [-0.1, -0.05) is 6.92 Å². The van der Waals surface area contributed by atoms with Gasteiger partial charge >= 0.3 is 0 Å². The number of alkyl halides is 2. The van der Waals surface area contributed by atoms with Crippen molar-refractivity contribution in [2.45, 2.75) is 64.1 Å². The Bertz CT molecular complexity index is 463. The Labute approximate surface area is 124 Å². The van der Waals surface area contributed by atoms with E-state index in [1.165, 1.54) is 0 Å². The standard InChI is InChI=1S/C15H24F2N4/c1-5-12(8-13-15(16,17)9-11(3)18-13)21(4)14-7-6-10(2)19-20-14/h6-7,11-13,18H,5,8-9H2,1-4H3. The molecular weight excluding hydrogens is 274 g/mol. The molecule has 1 saturated heterocycles. The molecule has 1 fully saturated rings. The number of anilines is 1. The Balaban J connectivity index is 2.07. The van der Waals surface area contributed by atoms with Crippen LogP contribution in [0.5, 0.6) is 0 Å². The van der Waals surface area contributed by atoms with Gasteiger partial charge in [0.1, 0.15) is 0 Å². The van der Waals surface area contributed by atoms with Crippen molar-refractivity contribution in [3.05, 3.63) is 17.8 Å². The molecule has 3 unspecified atom stereocenters. The highest BCUT2D eigenvalue weighted by Gasteiger charge is 2.47. The van der Waals surface area contributed by atoms with Crippen LogP contribution in [-0.4, -0.2) is 41.3 Å². The summed E-state index contributed by atoms with van der Waals surface area (Å²) in [4.78, 5) is 1.95. The average Bonchev–Trinajstić information content (AvgIpc) is 2.68. The highest BCUT2D eigenvalue weighted by molar-refractivity contribution is 5.37. The maximum Gasteiger partial charge on any atom is 0.264 e. The summed E-state index contributed by atoms with van der Waals surface area (Å²) in [6, 6.07) is 2.88. The van der Waals surface area contributed by atoms with Crippen LogP contribution in [0.1, 0.15) is 38.8 Å². The van der Waals surface area contributed by atoms with Gasteiger partial charge in [0.2, 0.25) is 0 Å². The van der Waals surface area contributed by atoms with Gasteiger partial charge in [0.05, 0.1) is 11.7 Å². The average molecular weight is 298 g/mol. The SMILES string of the molecule is CCC(CC1NC(C)CC1(F)F)N(C)c1ccc(C)nn1. The van der Waals surface area contributed by atoms with E-state index in [-0.39, 0.29) is 18.5 Å². The number of aryl methyl sites for hydroxylation is 1. The summed E-state index contributed by atoms with van der Waals surface area (Å²) in [6.07, 6.45) is 1.11. The summed E-state index contributed by atoms with van der Waals surface area (Å²) in [5.74, 6) is -1.91. The van der Waals surface area contributed by atoms with Gasteiger partial charge in [-0.15, -0.1) is 5.10 Å². The smallest absolute Gasteiger partial charge is 0.264 e. The molecule has 118 valence electrons. The molecule has 0 aliphatic carbocycles. The van der Waals surface area contributed by atoms with Gasteiger partial charge in [0, 0.05) is 25.6 Å². The zero-order valence-corrected chi connectivity index (χ0v) is 13.1. The molecule has 0 spiro atoms. The highest BCUT2D eigenvalue weighted by atomic mass is 19.3. The third-order valence-electron chi connectivity index (χ3n) is 4.25. The number of hydrogen-bond donors (Lipinski definition) is 1. The van der Waals surface area contributed by atoms with Gasteiger partial charge in [0.25, 0.3) is 5.92 Å². The normalized spacial score (nSPS) is 25.8. The van der Waals surface area contributed by atoms with Crippen LogP contribution in [-0.2, 0) is 0 Å². The van der Waals surface area contributed by atoms with E-state index in [1.807, 2.05) is 44.9 Å².